The summed E-state index contributed by atoms with van der Waals surface area (Å²) in [7, 11) is 0. The van der Waals surface area contributed by atoms with Crippen molar-refractivity contribution in [1.82, 2.24) is 0 Å². The fraction of sp³-hybridized carbons (Fsp3) is 0.300. The number of aldehydes is 1. The van der Waals surface area contributed by atoms with E-state index in [1.165, 1.54) is 0 Å². The Morgan fingerprint density at radius 2 is 2.00 bits per heavy atom. The number of cyclic esters (lactones) is 1. The lowest BCUT2D eigenvalue weighted by atomic mass is 9.96. The molecular weight excluding hydrogens is 280 g/mol. The van der Waals surface area contributed by atoms with Crippen molar-refractivity contribution in [2.75, 3.05) is 0 Å². The number of esters is 1. The van der Waals surface area contributed by atoms with Gasteiger partial charge in [0.15, 0.2) is 5.60 Å². The van der Waals surface area contributed by atoms with Gasteiger partial charge < -0.3 is 19.7 Å². The van der Waals surface area contributed by atoms with E-state index in [0.29, 0.717) is 0 Å². The van der Waals surface area contributed by atoms with Crippen LogP contribution in [0.1, 0.15) is 12.8 Å². The number of carbonyl (C=O) groups excluding carboxylic acids is 4. The quantitative estimate of drug-likeness (QED) is 0.346. The standard InChI is InChI=1S/C10H8O10/c11-2-1-10(17)4-7(13)18-5(8(14)15)3-6(12)19-20-9(10)16/h2-3,17H,1,4H2,(H,14,15)/b5-3+. The molecule has 0 fully saturated rings. The number of hydrogen-bond donors (Lipinski definition) is 2. The number of carbonyl (C=O) groups is 5. The van der Waals surface area contributed by atoms with Gasteiger partial charge >= 0.3 is 23.9 Å². The molecular formula is C10H8O10. The summed E-state index contributed by atoms with van der Waals surface area (Å²) in [4.78, 5) is 62.7. The first-order valence-electron chi connectivity index (χ1n) is 5.03. The van der Waals surface area contributed by atoms with Gasteiger partial charge in [0.25, 0.3) is 0 Å². The van der Waals surface area contributed by atoms with E-state index in [9.17, 15) is 29.1 Å². The van der Waals surface area contributed by atoms with Crippen LogP contribution < -0.4 is 0 Å². The van der Waals surface area contributed by atoms with Crippen molar-refractivity contribution in [2.45, 2.75) is 18.4 Å². The van der Waals surface area contributed by atoms with Crippen LogP contribution in [-0.4, -0.2) is 46.0 Å². The van der Waals surface area contributed by atoms with Crippen LogP contribution in [0.4, 0.5) is 0 Å². The van der Waals surface area contributed by atoms with E-state index in [2.05, 4.69) is 14.5 Å². The summed E-state index contributed by atoms with van der Waals surface area (Å²) < 4.78 is 4.29. The minimum atomic E-state index is -2.62. The van der Waals surface area contributed by atoms with Crippen LogP contribution >= 0.6 is 0 Å². The maximum atomic E-state index is 11.4. The Hall–Kier alpha value is -2.75. The van der Waals surface area contributed by atoms with Crippen molar-refractivity contribution in [3.05, 3.63) is 11.8 Å². The SMILES string of the molecule is O=CCC1(O)CC(=O)O/C(C(=O)O)=C/C(=O)OOC1=O. The van der Waals surface area contributed by atoms with Crippen LogP contribution in [0.2, 0.25) is 0 Å². The zero-order valence-corrected chi connectivity index (χ0v) is 9.73. The Balaban J connectivity index is 3.11. The van der Waals surface area contributed by atoms with Crippen molar-refractivity contribution in [2.24, 2.45) is 0 Å². The molecule has 0 amide bonds. The van der Waals surface area contributed by atoms with Gasteiger partial charge in [0.2, 0.25) is 5.76 Å². The Labute approximate surface area is 110 Å². The molecule has 0 aliphatic carbocycles. The molecule has 10 heteroatoms. The Kier molecular flexibility index (Phi) is 4.54. The molecule has 0 saturated heterocycles. The first-order chi connectivity index (χ1) is 9.28. The second-order valence-electron chi connectivity index (χ2n) is 3.64. The number of ether oxygens (including phenoxy) is 1. The van der Waals surface area contributed by atoms with Gasteiger partial charge in [-0.05, 0) is 0 Å². The molecule has 1 atom stereocenters. The first kappa shape index (κ1) is 15.3. The molecule has 0 spiro atoms. The molecule has 1 unspecified atom stereocenters. The minimum absolute atomic E-state index is 0.121. The summed E-state index contributed by atoms with van der Waals surface area (Å²) in [6, 6.07) is 0. The smallest absolute Gasteiger partial charge is 0.387 e. The van der Waals surface area contributed by atoms with Gasteiger partial charge in [0, 0.05) is 6.42 Å². The van der Waals surface area contributed by atoms with Crippen LogP contribution in [0.15, 0.2) is 11.8 Å². The van der Waals surface area contributed by atoms with Crippen molar-refractivity contribution in [3.8, 4) is 0 Å². The highest BCUT2D eigenvalue weighted by molar-refractivity contribution is 5.97. The number of rotatable bonds is 3. The third-order valence-electron chi connectivity index (χ3n) is 2.12. The third kappa shape index (κ3) is 3.62. The van der Waals surface area contributed by atoms with Crippen molar-refractivity contribution in [1.29, 1.82) is 0 Å². The van der Waals surface area contributed by atoms with E-state index in [1.54, 1.807) is 0 Å². The van der Waals surface area contributed by atoms with Gasteiger partial charge in [-0.25, -0.2) is 24.2 Å². The molecule has 1 heterocycles. The number of aliphatic carboxylic acids is 1. The summed E-state index contributed by atoms with van der Waals surface area (Å²) in [6.45, 7) is 0. The van der Waals surface area contributed by atoms with Crippen LogP contribution in [0.25, 0.3) is 0 Å². The lowest BCUT2D eigenvalue weighted by Gasteiger charge is -2.21. The molecule has 0 radical (unpaired) electrons. The van der Waals surface area contributed by atoms with E-state index in [4.69, 9.17) is 5.11 Å². The average molecular weight is 288 g/mol. The van der Waals surface area contributed by atoms with E-state index < -0.39 is 48.1 Å². The second-order valence-corrected chi connectivity index (χ2v) is 3.64. The van der Waals surface area contributed by atoms with Crippen molar-refractivity contribution in [3.63, 3.8) is 0 Å². The largest absolute Gasteiger partial charge is 0.475 e. The van der Waals surface area contributed by atoms with Gasteiger partial charge in [-0.2, -0.15) is 0 Å². The summed E-state index contributed by atoms with van der Waals surface area (Å²) >= 11 is 0. The Morgan fingerprint density at radius 1 is 1.35 bits per heavy atom. The van der Waals surface area contributed by atoms with E-state index in [-0.39, 0.29) is 12.4 Å². The summed E-state index contributed by atoms with van der Waals surface area (Å²) in [6.07, 6.45) is -1.52. The average Bonchev–Trinajstić information content (AvgIpc) is 2.34. The molecule has 10 nitrogen and oxygen atoms in total. The lowest BCUT2D eigenvalue weighted by Crippen LogP contribution is -2.43. The van der Waals surface area contributed by atoms with Gasteiger partial charge in [-0.1, -0.05) is 0 Å². The molecule has 1 rings (SSSR count). The predicted molar refractivity (Wildman–Crippen MR) is 54.2 cm³/mol. The lowest BCUT2D eigenvalue weighted by molar-refractivity contribution is -0.267. The van der Waals surface area contributed by atoms with Crippen LogP contribution in [0.5, 0.6) is 0 Å². The zero-order chi connectivity index (χ0) is 15.3. The number of hydrogen-bond acceptors (Lipinski definition) is 9. The van der Waals surface area contributed by atoms with E-state index >= 15 is 0 Å². The van der Waals surface area contributed by atoms with E-state index in [0.717, 1.165) is 0 Å². The topological polar surface area (TPSA) is 154 Å². The highest BCUT2D eigenvalue weighted by atomic mass is 17.2. The third-order valence-corrected chi connectivity index (χ3v) is 2.12. The molecule has 1 aliphatic rings. The Morgan fingerprint density at radius 3 is 2.55 bits per heavy atom. The molecule has 108 valence electrons. The molecule has 0 aromatic rings. The van der Waals surface area contributed by atoms with E-state index in [1.807, 2.05) is 0 Å². The van der Waals surface area contributed by atoms with Gasteiger partial charge in [0.05, 0.1) is 12.5 Å². The fourth-order valence-electron chi connectivity index (χ4n) is 1.19. The monoisotopic (exact) mass is 288 g/mol. The number of aliphatic hydroxyl groups is 1. The van der Waals surface area contributed by atoms with Crippen LogP contribution in [0, 0.1) is 0 Å². The van der Waals surface area contributed by atoms with Crippen LogP contribution in [-0.2, 0) is 38.5 Å². The molecule has 0 aromatic heterocycles. The number of carboxylic acids is 1. The van der Waals surface area contributed by atoms with Crippen molar-refractivity contribution < 1.29 is 48.7 Å². The maximum Gasteiger partial charge on any atom is 0.387 e. The molecule has 20 heavy (non-hydrogen) atoms. The van der Waals surface area contributed by atoms with Gasteiger partial charge in [-0.15, -0.1) is 0 Å². The Bertz CT molecular complexity index is 504. The first-order valence-corrected chi connectivity index (χ1v) is 5.03. The fourth-order valence-corrected chi connectivity index (χ4v) is 1.19. The summed E-state index contributed by atoms with van der Waals surface area (Å²) in [5.74, 6) is -7.23. The highest BCUT2D eigenvalue weighted by Gasteiger charge is 2.43. The van der Waals surface area contributed by atoms with Gasteiger partial charge in [0.1, 0.15) is 6.29 Å². The summed E-state index contributed by atoms with van der Waals surface area (Å²) in [5.41, 5.74) is -2.62. The number of carboxylic acid groups (broad SMARTS) is 1. The molecule has 0 aromatic carbocycles. The normalized spacial score (nSPS) is 26.4. The highest BCUT2D eigenvalue weighted by Crippen LogP contribution is 2.20. The molecule has 2 N–H and O–H groups in total. The molecule has 0 saturated carbocycles. The zero-order valence-electron chi connectivity index (χ0n) is 9.73. The molecule has 1 aliphatic heterocycles. The molecule has 0 bridgehead atoms. The van der Waals surface area contributed by atoms with Crippen molar-refractivity contribution >= 4 is 30.2 Å². The summed E-state index contributed by atoms with van der Waals surface area (Å²) in [5, 5.41) is 18.4. The minimum Gasteiger partial charge on any atom is -0.475 e. The maximum absolute atomic E-state index is 11.4. The van der Waals surface area contributed by atoms with Crippen LogP contribution in [0.3, 0.4) is 0 Å². The van der Waals surface area contributed by atoms with Gasteiger partial charge in [-0.3, -0.25) is 4.79 Å². The predicted octanol–water partition coefficient (Wildman–Crippen LogP) is -1.78. The second kappa shape index (κ2) is 5.93.